The Labute approximate surface area is 203 Å². The lowest BCUT2D eigenvalue weighted by Crippen LogP contribution is -2.04. The standard InChI is InChI=1S/C27H25N7O/c1-3-23-21(13-28)27(20-11-22(29)26(35-4-2)12-25(20)32-23)31-19-7-8-24-18(10-19)16-34(33-24)15-17-6-5-9-30-14-17/h5-12,14,16H,3-4,15,29H2,1-2H3,(H,31,32). The number of fused-ring (bicyclic) bond motifs is 2. The summed E-state index contributed by atoms with van der Waals surface area (Å²) in [5.74, 6) is 0.590. The summed E-state index contributed by atoms with van der Waals surface area (Å²) in [5, 5.41) is 19.9. The summed E-state index contributed by atoms with van der Waals surface area (Å²) in [7, 11) is 0. The van der Waals surface area contributed by atoms with E-state index >= 15 is 0 Å². The fraction of sp³-hybridized carbons (Fsp3) is 0.185. The zero-order chi connectivity index (χ0) is 24.4. The number of benzene rings is 2. The lowest BCUT2D eigenvalue weighted by atomic mass is 10.0. The third-order valence-electron chi connectivity index (χ3n) is 5.83. The Morgan fingerprint density at radius 1 is 1.14 bits per heavy atom. The molecule has 0 saturated carbocycles. The number of aryl methyl sites for hydroxylation is 1. The number of nitrogen functional groups attached to an aromatic ring is 1. The van der Waals surface area contributed by atoms with E-state index in [1.54, 1.807) is 6.20 Å². The van der Waals surface area contributed by atoms with Gasteiger partial charge in [0.15, 0.2) is 0 Å². The molecule has 174 valence electrons. The Balaban J connectivity index is 1.56. The van der Waals surface area contributed by atoms with E-state index in [4.69, 9.17) is 15.5 Å². The van der Waals surface area contributed by atoms with Gasteiger partial charge in [-0.15, -0.1) is 0 Å². The van der Waals surface area contributed by atoms with Gasteiger partial charge >= 0.3 is 0 Å². The van der Waals surface area contributed by atoms with E-state index in [2.05, 4.69) is 21.5 Å². The number of ether oxygens (including phenoxy) is 1. The zero-order valence-corrected chi connectivity index (χ0v) is 19.6. The molecule has 3 N–H and O–H groups in total. The molecular formula is C27H25N7O. The predicted molar refractivity (Wildman–Crippen MR) is 138 cm³/mol. The summed E-state index contributed by atoms with van der Waals surface area (Å²) in [6, 6.07) is 15.9. The molecule has 0 radical (unpaired) electrons. The molecule has 0 aliphatic carbocycles. The fourth-order valence-electron chi connectivity index (χ4n) is 4.20. The Morgan fingerprint density at radius 2 is 2.03 bits per heavy atom. The summed E-state index contributed by atoms with van der Waals surface area (Å²) in [6.45, 7) is 5.05. The summed E-state index contributed by atoms with van der Waals surface area (Å²) in [4.78, 5) is 8.90. The maximum absolute atomic E-state index is 9.99. The molecule has 5 rings (SSSR count). The van der Waals surface area contributed by atoms with Crippen molar-refractivity contribution < 1.29 is 4.74 Å². The van der Waals surface area contributed by atoms with Crippen LogP contribution in [0, 0.1) is 11.3 Å². The molecule has 0 bridgehead atoms. The smallest absolute Gasteiger partial charge is 0.144 e. The number of nitrogens with zero attached hydrogens (tertiary/aromatic N) is 5. The lowest BCUT2D eigenvalue weighted by Gasteiger charge is -2.16. The van der Waals surface area contributed by atoms with Crippen LogP contribution in [0.1, 0.15) is 30.7 Å². The van der Waals surface area contributed by atoms with Crippen LogP contribution in [0.5, 0.6) is 5.75 Å². The summed E-state index contributed by atoms with van der Waals surface area (Å²) in [5.41, 5.74) is 12.2. The number of nitriles is 1. The minimum atomic E-state index is 0.504. The number of aromatic nitrogens is 4. The van der Waals surface area contributed by atoms with Crippen molar-refractivity contribution in [1.29, 1.82) is 5.26 Å². The maximum atomic E-state index is 9.99. The predicted octanol–water partition coefficient (Wildman–Crippen LogP) is 5.19. The molecule has 0 aliphatic heterocycles. The Hall–Kier alpha value is -4.64. The second-order valence-electron chi connectivity index (χ2n) is 8.20. The second kappa shape index (κ2) is 9.31. The van der Waals surface area contributed by atoms with Crippen LogP contribution in [0.4, 0.5) is 17.1 Å². The van der Waals surface area contributed by atoms with Gasteiger partial charge in [0.2, 0.25) is 0 Å². The van der Waals surface area contributed by atoms with Crippen molar-refractivity contribution in [2.45, 2.75) is 26.8 Å². The maximum Gasteiger partial charge on any atom is 0.144 e. The molecule has 3 aromatic heterocycles. The van der Waals surface area contributed by atoms with E-state index in [1.807, 2.05) is 73.4 Å². The first-order chi connectivity index (χ1) is 17.1. The highest BCUT2D eigenvalue weighted by atomic mass is 16.5. The molecule has 0 spiro atoms. The Morgan fingerprint density at radius 3 is 2.77 bits per heavy atom. The highest BCUT2D eigenvalue weighted by Gasteiger charge is 2.17. The van der Waals surface area contributed by atoms with Crippen molar-refractivity contribution in [1.82, 2.24) is 19.7 Å². The van der Waals surface area contributed by atoms with E-state index < -0.39 is 0 Å². The molecular weight excluding hydrogens is 438 g/mol. The molecule has 8 heteroatoms. The number of pyridine rings is 2. The molecule has 8 nitrogen and oxygen atoms in total. The van der Waals surface area contributed by atoms with Crippen LogP contribution in [0.2, 0.25) is 0 Å². The highest BCUT2D eigenvalue weighted by Crippen LogP contribution is 2.36. The van der Waals surface area contributed by atoms with E-state index in [0.717, 1.165) is 38.8 Å². The van der Waals surface area contributed by atoms with Crippen LogP contribution in [0.3, 0.4) is 0 Å². The topological polar surface area (TPSA) is 115 Å². The average Bonchev–Trinajstić information content (AvgIpc) is 3.27. The minimum absolute atomic E-state index is 0.504. The van der Waals surface area contributed by atoms with Crippen molar-refractivity contribution in [3.05, 3.63) is 77.9 Å². The number of rotatable bonds is 7. The van der Waals surface area contributed by atoms with Gasteiger partial charge in [-0.05, 0) is 49.2 Å². The summed E-state index contributed by atoms with van der Waals surface area (Å²) in [6.07, 6.45) is 6.23. The largest absolute Gasteiger partial charge is 0.492 e. The van der Waals surface area contributed by atoms with E-state index in [1.165, 1.54) is 0 Å². The Kier molecular flexibility index (Phi) is 5.90. The molecule has 0 amide bonds. The SMILES string of the molecule is CCOc1cc2nc(CC)c(C#N)c(Nc3ccc4nn(Cc5cccnc5)cc4c3)c2cc1N. The molecule has 0 aliphatic rings. The number of hydrogen-bond donors (Lipinski definition) is 2. The second-order valence-corrected chi connectivity index (χ2v) is 8.20. The number of nitrogens with two attached hydrogens (primary N) is 1. The normalized spacial score (nSPS) is 11.0. The van der Waals surface area contributed by atoms with Crippen LogP contribution in [-0.2, 0) is 13.0 Å². The van der Waals surface area contributed by atoms with E-state index in [0.29, 0.717) is 42.3 Å². The molecule has 2 aromatic carbocycles. The Bertz CT molecular complexity index is 1570. The van der Waals surface area contributed by atoms with Crippen molar-refractivity contribution in [3.63, 3.8) is 0 Å². The number of hydrogen-bond acceptors (Lipinski definition) is 7. The van der Waals surface area contributed by atoms with Gasteiger partial charge in [-0.1, -0.05) is 13.0 Å². The van der Waals surface area contributed by atoms with Gasteiger partial charge in [-0.25, -0.2) is 0 Å². The van der Waals surface area contributed by atoms with Crippen molar-refractivity contribution in [2.75, 3.05) is 17.7 Å². The number of nitrogens with one attached hydrogen (secondary N) is 1. The molecule has 3 heterocycles. The van der Waals surface area contributed by atoms with Gasteiger partial charge in [0.25, 0.3) is 0 Å². The molecule has 0 saturated heterocycles. The molecule has 0 atom stereocenters. The van der Waals surface area contributed by atoms with Gasteiger partial charge < -0.3 is 15.8 Å². The van der Waals surface area contributed by atoms with Crippen LogP contribution in [-0.4, -0.2) is 26.4 Å². The quantitative estimate of drug-likeness (QED) is 0.319. The number of anilines is 3. The third-order valence-corrected chi connectivity index (χ3v) is 5.83. The van der Waals surface area contributed by atoms with Crippen LogP contribution in [0.15, 0.2) is 61.1 Å². The first kappa shape index (κ1) is 22.2. The van der Waals surface area contributed by atoms with Crippen LogP contribution >= 0.6 is 0 Å². The highest BCUT2D eigenvalue weighted by molar-refractivity contribution is 6.00. The first-order valence-electron chi connectivity index (χ1n) is 11.5. The third kappa shape index (κ3) is 4.32. The van der Waals surface area contributed by atoms with Crippen molar-refractivity contribution in [2.24, 2.45) is 0 Å². The van der Waals surface area contributed by atoms with Gasteiger partial charge in [-0.2, -0.15) is 10.4 Å². The molecule has 0 fully saturated rings. The van der Waals surface area contributed by atoms with Crippen molar-refractivity contribution >= 4 is 38.9 Å². The van der Waals surface area contributed by atoms with Gasteiger partial charge in [-0.3, -0.25) is 14.6 Å². The van der Waals surface area contributed by atoms with Gasteiger partial charge in [0.1, 0.15) is 11.8 Å². The summed E-state index contributed by atoms with van der Waals surface area (Å²) < 4.78 is 7.56. The van der Waals surface area contributed by atoms with Gasteiger partial charge in [0, 0.05) is 41.1 Å². The van der Waals surface area contributed by atoms with Crippen LogP contribution < -0.4 is 15.8 Å². The average molecular weight is 464 g/mol. The zero-order valence-electron chi connectivity index (χ0n) is 19.6. The lowest BCUT2D eigenvalue weighted by molar-refractivity contribution is 0.342. The van der Waals surface area contributed by atoms with E-state index in [-0.39, 0.29) is 0 Å². The molecule has 5 aromatic rings. The first-order valence-corrected chi connectivity index (χ1v) is 11.5. The minimum Gasteiger partial charge on any atom is -0.492 e. The van der Waals surface area contributed by atoms with Crippen molar-refractivity contribution in [3.8, 4) is 11.8 Å². The monoisotopic (exact) mass is 463 g/mol. The van der Waals surface area contributed by atoms with E-state index in [9.17, 15) is 5.26 Å². The molecule has 35 heavy (non-hydrogen) atoms. The molecule has 0 unspecified atom stereocenters. The fourth-order valence-corrected chi connectivity index (χ4v) is 4.20. The van der Waals surface area contributed by atoms with Crippen LogP contribution in [0.25, 0.3) is 21.8 Å². The van der Waals surface area contributed by atoms with Gasteiger partial charge in [0.05, 0.1) is 46.8 Å². The summed E-state index contributed by atoms with van der Waals surface area (Å²) >= 11 is 0.